The first-order chi connectivity index (χ1) is 9.35. The number of fused-ring (bicyclic) bond motifs is 1. The standard InChI is InChI=1S/C17H25NS/c1-3-5-6-10-15(18-12-4-2)17-13-14-9-7-8-11-16(14)19-17/h3,7-9,11,15,17-18H,1,4-6,10,12-13H2,2H3. The van der Waals surface area contributed by atoms with Crippen LogP contribution in [-0.2, 0) is 6.42 Å². The molecule has 2 unspecified atom stereocenters. The van der Waals surface area contributed by atoms with Crippen molar-refractivity contribution in [2.75, 3.05) is 6.54 Å². The molecule has 0 saturated carbocycles. The molecule has 0 saturated heterocycles. The summed E-state index contributed by atoms with van der Waals surface area (Å²) in [6.45, 7) is 7.20. The molecule has 0 fully saturated rings. The van der Waals surface area contributed by atoms with E-state index in [1.165, 1.54) is 36.1 Å². The molecule has 0 amide bonds. The van der Waals surface area contributed by atoms with Gasteiger partial charge in [0, 0.05) is 16.2 Å². The second-order valence-electron chi connectivity index (χ2n) is 5.25. The number of hydrogen-bond acceptors (Lipinski definition) is 2. The quantitative estimate of drug-likeness (QED) is 0.556. The van der Waals surface area contributed by atoms with Crippen LogP contribution in [0.15, 0.2) is 41.8 Å². The maximum absolute atomic E-state index is 3.82. The molecule has 1 N–H and O–H groups in total. The molecule has 0 aromatic heterocycles. The van der Waals surface area contributed by atoms with Crippen LogP contribution in [-0.4, -0.2) is 17.8 Å². The van der Waals surface area contributed by atoms with Gasteiger partial charge >= 0.3 is 0 Å². The largest absolute Gasteiger partial charge is 0.313 e. The Hall–Kier alpha value is -0.730. The van der Waals surface area contributed by atoms with E-state index in [2.05, 4.69) is 54.8 Å². The molecule has 19 heavy (non-hydrogen) atoms. The van der Waals surface area contributed by atoms with Gasteiger partial charge in [0.05, 0.1) is 0 Å². The number of rotatable bonds is 8. The van der Waals surface area contributed by atoms with Gasteiger partial charge in [0.15, 0.2) is 0 Å². The molecular weight excluding hydrogens is 250 g/mol. The van der Waals surface area contributed by atoms with Gasteiger partial charge in [-0.05, 0) is 50.3 Å². The minimum Gasteiger partial charge on any atom is -0.313 e. The monoisotopic (exact) mass is 275 g/mol. The SMILES string of the molecule is C=CCCCC(NCCC)C1Cc2ccccc2S1. The minimum atomic E-state index is 0.636. The highest BCUT2D eigenvalue weighted by atomic mass is 32.2. The van der Waals surface area contributed by atoms with Crippen LogP contribution in [0.3, 0.4) is 0 Å². The smallest absolute Gasteiger partial charge is 0.0289 e. The number of unbranched alkanes of at least 4 members (excludes halogenated alkanes) is 1. The highest BCUT2D eigenvalue weighted by molar-refractivity contribution is 8.00. The first-order valence-electron chi connectivity index (χ1n) is 7.44. The Kier molecular flexibility index (Phi) is 5.99. The van der Waals surface area contributed by atoms with Gasteiger partial charge < -0.3 is 5.32 Å². The average Bonchev–Trinajstić information content (AvgIpc) is 2.86. The maximum Gasteiger partial charge on any atom is 0.0289 e. The van der Waals surface area contributed by atoms with Gasteiger partial charge in [-0.25, -0.2) is 0 Å². The number of nitrogens with one attached hydrogen (secondary N) is 1. The molecule has 2 atom stereocenters. The highest BCUT2D eigenvalue weighted by Gasteiger charge is 2.28. The molecule has 104 valence electrons. The molecule has 0 spiro atoms. The van der Waals surface area contributed by atoms with Crippen molar-refractivity contribution >= 4 is 11.8 Å². The molecule has 1 nitrogen and oxygen atoms in total. The summed E-state index contributed by atoms with van der Waals surface area (Å²) in [4.78, 5) is 1.49. The average molecular weight is 275 g/mol. The van der Waals surface area contributed by atoms with E-state index in [1.54, 1.807) is 0 Å². The van der Waals surface area contributed by atoms with Crippen LogP contribution in [0.25, 0.3) is 0 Å². The van der Waals surface area contributed by atoms with Crippen LogP contribution in [0.5, 0.6) is 0 Å². The third-order valence-corrected chi connectivity index (χ3v) is 5.15. The van der Waals surface area contributed by atoms with Gasteiger partial charge in [0.2, 0.25) is 0 Å². The number of hydrogen-bond donors (Lipinski definition) is 1. The summed E-state index contributed by atoms with van der Waals surface area (Å²) in [5, 5.41) is 4.45. The summed E-state index contributed by atoms with van der Waals surface area (Å²) in [6.07, 6.45) is 8.11. The van der Waals surface area contributed by atoms with Gasteiger partial charge in [0.25, 0.3) is 0 Å². The summed E-state index contributed by atoms with van der Waals surface area (Å²) < 4.78 is 0. The second-order valence-corrected chi connectivity index (χ2v) is 6.53. The van der Waals surface area contributed by atoms with Crippen LogP contribution >= 0.6 is 11.8 Å². The molecule has 1 aliphatic heterocycles. The van der Waals surface area contributed by atoms with Gasteiger partial charge in [0.1, 0.15) is 0 Å². The van der Waals surface area contributed by atoms with E-state index in [0.29, 0.717) is 11.3 Å². The molecule has 0 radical (unpaired) electrons. The first kappa shape index (κ1) is 14.7. The zero-order valence-electron chi connectivity index (χ0n) is 11.9. The first-order valence-corrected chi connectivity index (χ1v) is 8.32. The Labute approximate surface area is 121 Å². The van der Waals surface area contributed by atoms with Gasteiger partial charge in [-0.3, -0.25) is 0 Å². The molecule has 1 heterocycles. The number of benzene rings is 1. The Bertz CT molecular complexity index is 377. The predicted molar refractivity (Wildman–Crippen MR) is 85.9 cm³/mol. The molecule has 1 aromatic rings. The van der Waals surface area contributed by atoms with Crippen LogP contribution in [0.2, 0.25) is 0 Å². The minimum absolute atomic E-state index is 0.636. The Balaban J connectivity index is 1.93. The Morgan fingerprint density at radius 2 is 2.32 bits per heavy atom. The lowest BCUT2D eigenvalue weighted by atomic mass is 10.0. The van der Waals surface area contributed by atoms with E-state index in [-0.39, 0.29) is 0 Å². The van der Waals surface area contributed by atoms with E-state index in [4.69, 9.17) is 0 Å². The van der Waals surface area contributed by atoms with E-state index < -0.39 is 0 Å². The summed E-state index contributed by atoms with van der Waals surface area (Å²) in [5.74, 6) is 0. The lowest BCUT2D eigenvalue weighted by molar-refractivity contribution is 0.455. The number of thioether (sulfide) groups is 1. The lowest BCUT2D eigenvalue weighted by Crippen LogP contribution is -2.38. The van der Waals surface area contributed by atoms with Crippen molar-refractivity contribution in [1.29, 1.82) is 0 Å². The molecule has 0 bridgehead atoms. The third kappa shape index (κ3) is 4.12. The van der Waals surface area contributed by atoms with E-state index >= 15 is 0 Å². The fourth-order valence-electron chi connectivity index (χ4n) is 2.66. The molecule has 0 aliphatic carbocycles. The summed E-state index contributed by atoms with van der Waals surface area (Å²) in [7, 11) is 0. The van der Waals surface area contributed by atoms with Crippen molar-refractivity contribution in [3.63, 3.8) is 0 Å². The highest BCUT2D eigenvalue weighted by Crippen LogP contribution is 2.39. The van der Waals surface area contributed by atoms with Crippen molar-refractivity contribution in [3.05, 3.63) is 42.5 Å². The van der Waals surface area contributed by atoms with Crippen molar-refractivity contribution in [2.24, 2.45) is 0 Å². The maximum atomic E-state index is 3.82. The Morgan fingerprint density at radius 3 is 3.05 bits per heavy atom. The molecule has 1 aromatic carbocycles. The van der Waals surface area contributed by atoms with Crippen molar-refractivity contribution in [3.8, 4) is 0 Å². The van der Waals surface area contributed by atoms with E-state index in [1.807, 2.05) is 6.08 Å². The predicted octanol–water partition coefficient (Wildman–Crippen LogP) is 4.43. The van der Waals surface area contributed by atoms with Crippen LogP contribution < -0.4 is 5.32 Å². The summed E-state index contributed by atoms with van der Waals surface area (Å²) >= 11 is 2.06. The summed E-state index contributed by atoms with van der Waals surface area (Å²) in [5.41, 5.74) is 1.53. The fourth-order valence-corrected chi connectivity index (χ4v) is 4.11. The van der Waals surface area contributed by atoms with Gasteiger partial charge in [-0.15, -0.1) is 18.3 Å². The second kappa shape index (κ2) is 7.76. The molecule has 1 aliphatic rings. The van der Waals surface area contributed by atoms with Crippen molar-refractivity contribution in [2.45, 2.75) is 55.2 Å². The normalized spacial score (nSPS) is 19.1. The Morgan fingerprint density at radius 1 is 1.47 bits per heavy atom. The zero-order chi connectivity index (χ0) is 13.5. The topological polar surface area (TPSA) is 12.0 Å². The van der Waals surface area contributed by atoms with Crippen LogP contribution in [0, 0.1) is 0 Å². The van der Waals surface area contributed by atoms with Crippen LogP contribution in [0.4, 0.5) is 0 Å². The van der Waals surface area contributed by atoms with Crippen LogP contribution in [0.1, 0.15) is 38.2 Å². The lowest BCUT2D eigenvalue weighted by Gasteiger charge is -2.24. The molecule has 2 heteroatoms. The fraction of sp³-hybridized carbons (Fsp3) is 0.529. The van der Waals surface area contributed by atoms with Gasteiger partial charge in [-0.2, -0.15) is 0 Å². The summed E-state index contributed by atoms with van der Waals surface area (Å²) in [6, 6.07) is 9.50. The van der Waals surface area contributed by atoms with E-state index in [0.717, 1.165) is 13.0 Å². The van der Waals surface area contributed by atoms with Crippen molar-refractivity contribution in [1.82, 2.24) is 5.32 Å². The van der Waals surface area contributed by atoms with E-state index in [9.17, 15) is 0 Å². The molecule has 2 rings (SSSR count). The third-order valence-electron chi connectivity index (χ3n) is 3.70. The number of allylic oxidation sites excluding steroid dienone is 1. The molecular formula is C17H25NS. The van der Waals surface area contributed by atoms with Gasteiger partial charge in [-0.1, -0.05) is 31.2 Å². The van der Waals surface area contributed by atoms with Crippen molar-refractivity contribution < 1.29 is 0 Å². The zero-order valence-corrected chi connectivity index (χ0v) is 12.7.